The van der Waals surface area contributed by atoms with Gasteiger partial charge in [0, 0.05) is 16.0 Å². The molecule has 2 aliphatic rings. The monoisotopic (exact) mass is 507 g/mol. The number of benzene rings is 2. The first-order valence-corrected chi connectivity index (χ1v) is 13.0. The van der Waals surface area contributed by atoms with Gasteiger partial charge in [-0.1, -0.05) is 72.3 Å². The lowest BCUT2D eigenvalue weighted by Gasteiger charge is -2.36. The van der Waals surface area contributed by atoms with Gasteiger partial charge in [-0.3, -0.25) is 23.7 Å². The highest BCUT2D eigenvalue weighted by molar-refractivity contribution is 8.00. The normalized spacial score (nSPS) is 20.5. The molecule has 0 saturated carbocycles. The largest absolute Gasteiger partial charge is 0.325 e. The third-order valence-corrected chi connectivity index (χ3v) is 9.46. The van der Waals surface area contributed by atoms with E-state index in [2.05, 4.69) is 5.32 Å². The summed E-state index contributed by atoms with van der Waals surface area (Å²) in [7, 11) is 0. The van der Waals surface area contributed by atoms with Gasteiger partial charge in [-0.05, 0) is 38.1 Å². The minimum Gasteiger partial charge on any atom is -0.325 e. The van der Waals surface area contributed by atoms with Crippen LogP contribution in [-0.4, -0.2) is 27.5 Å². The zero-order valence-corrected chi connectivity index (χ0v) is 21.5. The van der Waals surface area contributed by atoms with E-state index in [9.17, 15) is 19.2 Å². The zero-order valence-electron chi connectivity index (χ0n) is 19.8. The number of carbonyl (C=O) groups excluding carboxylic acids is 3. The molecule has 1 aromatic heterocycles. The molecule has 35 heavy (non-hydrogen) atoms. The van der Waals surface area contributed by atoms with E-state index >= 15 is 0 Å². The molecule has 1 fully saturated rings. The average Bonchev–Trinajstić information content (AvgIpc) is 3.25. The summed E-state index contributed by atoms with van der Waals surface area (Å²) in [6.07, 6.45) is 0. The predicted molar refractivity (Wildman–Crippen MR) is 138 cm³/mol. The van der Waals surface area contributed by atoms with Crippen molar-refractivity contribution in [3.05, 3.63) is 74.2 Å². The summed E-state index contributed by atoms with van der Waals surface area (Å²) >= 11 is 2.27. The number of fused-ring (bicyclic) bond motifs is 2. The number of thioether (sulfide) groups is 1. The van der Waals surface area contributed by atoms with Crippen LogP contribution in [0, 0.1) is 19.8 Å². The van der Waals surface area contributed by atoms with Gasteiger partial charge < -0.3 is 5.32 Å². The maximum atomic E-state index is 13.5. The second-order valence-corrected chi connectivity index (χ2v) is 11.7. The van der Waals surface area contributed by atoms with Gasteiger partial charge in [0.1, 0.15) is 11.8 Å². The Hall–Kier alpha value is -3.17. The minimum absolute atomic E-state index is 0.164. The molecule has 1 saturated heterocycles. The fourth-order valence-corrected chi connectivity index (χ4v) is 7.74. The van der Waals surface area contributed by atoms with Crippen LogP contribution >= 0.6 is 23.1 Å². The fraction of sp³-hybridized carbons (Fsp3) is 0.308. The number of rotatable bonds is 4. The highest BCUT2D eigenvalue weighted by atomic mass is 32.2. The number of nitrogens with one attached hydrogen (secondary N) is 1. The van der Waals surface area contributed by atoms with E-state index < -0.39 is 16.6 Å². The zero-order chi connectivity index (χ0) is 25.1. The lowest BCUT2D eigenvalue weighted by Crippen LogP contribution is -2.41. The first-order chi connectivity index (χ1) is 16.6. The Kier molecular flexibility index (Phi) is 5.72. The summed E-state index contributed by atoms with van der Waals surface area (Å²) in [5.74, 6) is -1.47. The fourth-order valence-electron chi connectivity index (χ4n) is 4.70. The van der Waals surface area contributed by atoms with Crippen LogP contribution in [0.2, 0.25) is 0 Å². The van der Waals surface area contributed by atoms with E-state index in [1.165, 1.54) is 21.2 Å². The van der Waals surface area contributed by atoms with E-state index in [0.29, 0.717) is 16.4 Å². The summed E-state index contributed by atoms with van der Waals surface area (Å²) < 4.78 is 1.43. The average molecular weight is 508 g/mol. The van der Waals surface area contributed by atoms with Crippen LogP contribution in [0.15, 0.2) is 58.4 Å². The van der Waals surface area contributed by atoms with Gasteiger partial charge >= 0.3 is 4.87 Å². The number of hydrogen-bond donors (Lipinski definition) is 1. The third kappa shape index (κ3) is 3.92. The van der Waals surface area contributed by atoms with Gasteiger partial charge in [0.25, 0.3) is 0 Å². The molecule has 0 radical (unpaired) electrons. The number of carbonyl (C=O) groups is 3. The highest BCUT2D eigenvalue weighted by Crippen LogP contribution is 2.54. The van der Waals surface area contributed by atoms with Gasteiger partial charge in [0.2, 0.25) is 17.7 Å². The standard InChI is InChI=1S/C26H25N3O4S2/c1-14-5-9-16(10-6-14)27-18(30)13-28-24-21(35-25(28)33)26(3,4)19-20(34-24)23(32)29(22(19)31)17-11-7-15(2)8-12-17/h5-12,19-20H,13H2,1-4H3,(H,27,30). The lowest BCUT2D eigenvalue weighted by molar-refractivity contribution is -0.123. The number of imide groups is 1. The Balaban J connectivity index is 1.46. The van der Waals surface area contributed by atoms with Crippen LogP contribution < -0.4 is 15.1 Å². The van der Waals surface area contributed by atoms with Crippen molar-refractivity contribution >= 4 is 52.2 Å². The molecule has 0 bridgehead atoms. The van der Waals surface area contributed by atoms with Crippen molar-refractivity contribution in [2.75, 3.05) is 10.2 Å². The molecule has 3 amide bonds. The Morgan fingerprint density at radius 3 is 2.17 bits per heavy atom. The maximum absolute atomic E-state index is 13.5. The van der Waals surface area contributed by atoms with Crippen LogP contribution in [-0.2, 0) is 26.3 Å². The van der Waals surface area contributed by atoms with Gasteiger partial charge in [-0.2, -0.15) is 0 Å². The lowest BCUT2D eigenvalue weighted by atomic mass is 9.76. The molecule has 9 heteroatoms. The Morgan fingerprint density at radius 2 is 1.54 bits per heavy atom. The summed E-state index contributed by atoms with van der Waals surface area (Å²) in [5.41, 5.74) is 2.58. The molecule has 2 aromatic carbocycles. The van der Waals surface area contributed by atoms with E-state index in [4.69, 9.17) is 0 Å². The molecular formula is C26H25N3O4S2. The van der Waals surface area contributed by atoms with Gasteiger partial charge in [-0.25, -0.2) is 4.90 Å². The molecule has 1 N–H and O–H groups in total. The summed E-state index contributed by atoms with van der Waals surface area (Å²) in [5, 5.41) is 2.76. The van der Waals surface area contributed by atoms with E-state index in [1.54, 1.807) is 12.1 Å². The summed E-state index contributed by atoms with van der Waals surface area (Å²) in [6, 6.07) is 14.7. The number of anilines is 2. The predicted octanol–water partition coefficient (Wildman–Crippen LogP) is 4.11. The van der Waals surface area contributed by atoms with Gasteiger partial charge in [0.05, 0.1) is 16.6 Å². The van der Waals surface area contributed by atoms with Crippen molar-refractivity contribution in [2.24, 2.45) is 5.92 Å². The van der Waals surface area contributed by atoms with Gasteiger partial charge in [-0.15, -0.1) is 0 Å². The third-order valence-electron chi connectivity index (χ3n) is 6.63. The maximum Gasteiger partial charge on any atom is 0.308 e. The number of amides is 3. The van der Waals surface area contributed by atoms with Crippen molar-refractivity contribution in [3.8, 4) is 0 Å². The molecule has 3 aromatic rings. The Morgan fingerprint density at radius 1 is 0.943 bits per heavy atom. The van der Waals surface area contributed by atoms with Crippen molar-refractivity contribution in [2.45, 2.75) is 49.9 Å². The minimum atomic E-state index is -0.736. The molecule has 2 atom stereocenters. The molecule has 3 heterocycles. The molecular weight excluding hydrogens is 482 g/mol. The van der Waals surface area contributed by atoms with Crippen molar-refractivity contribution in [3.63, 3.8) is 0 Å². The number of aryl methyl sites for hydroxylation is 2. The first-order valence-electron chi connectivity index (χ1n) is 11.3. The van der Waals surface area contributed by atoms with E-state index in [0.717, 1.165) is 27.3 Å². The molecule has 180 valence electrons. The quantitative estimate of drug-likeness (QED) is 0.537. The number of hydrogen-bond acceptors (Lipinski definition) is 6. The first kappa shape index (κ1) is 23.6. The molecule has 5 rings (SSSR count). The summed E-state index contributed by atoms with van der Waals surface area (Å²) in [6.45, 7) is 7.55. The number of nitrogens with zero attached hydrogens (tertiary/aromatic N) is 2. The van der Waals surface area contributed by atoms with Crippen LogP contribution in [0.5, 0.6) is 0 Å². The SMILES string of the molecule is Cc1ccc(NC(=O)Cn2c3c(sc2=O)C(C)(C)C2C(=O)N(c4ccc(C)cc4)C(=O)C2S3)cc1. The van der Waals surface area contributed by atoms with Crippen LogP contribution in [0.1, 0.15) is 29.9 Å². The Bertz CT molecular complexity index is 1400. The van der Waals surface area contributed by atoms with Crippen molar-refractivity contribution < 1.29 is 14.4 Å². The van der Waals surface area contributed by atoms with Crippen LogP contribution in [0.4, 0.5) is 11.4 Å². The molecule has 0 aliphatic carbocycles. The van der Waals surface area contributed by atoms with Crippen molar-refractivity contribution in [1.29, 1.82) is 0 Å². The smallest absolute Gasteiger partial charge is 0.308 e. The molecule has 0 spiro atoms. The Labute approximate surface area is 211 Å². The van der Waals surface area contributed by atoms with E-state index in [1.807, 2.05) is 64.1 Å². The van der Waals surface area contributed by atoms with Gasteiger partial charge in [0.15, 0.2) is 0 Å². The molecule has 2 unspecified atom stereocenters. The number of thiazole rings is 1. The number of aromatic nitrogens is 1. The second kappa shape index (κ2) is 8.49. The molecule has 2 aliphatic heterocycles. The van der Waals surface area contributed by atoms with E-state index in [-0.39, 0.29) is 29.1 Å². The van der Waals surface area contributed by atoms with Crippen LogP contribution in [0.3, 0.4) is 0 Å². The second-order valence-electron chi connectivity index (χ2n) is 9.59. The van der Waals surface area contributed by atoms with Crippen LogP contribution in [0.25, 0.3) is 0 Å². The topological polar surface area (TPSA) is 88.5 Å². The summed E-state index contributed by atoms with van der Waals surface area (Å²) in [4.78, 5) is 54.4. The molecule has 7 nitrogen and oxygen atoms in total. The highest BCUT2D eigenvalue weighted by Gasteiger charge is 2.59. The van der Waals surface area contributed by atoms with Crippen molar-refractivity contribution in [1.82, 2.24) is 4.57 Å².